The van der Waals surface area contributed by atoms with Crippen molar-refractivity contribution >= 4 is 10.9 Å². The monoisotopic (exact) mass is 397 g/mol. The molecule has 2 aromatic carbocycles. The Morgan fingerprint density at radius 1 is 0.897 bits per heavy atom. The molecule has 0 bridgehead atoms. The number of aromatic nitrogens is 1. The molecule has 2 heterocycles. The first-order valence-corrected chi connectivity index (χ1v) is 10.00. The van der Waals surface area contributed by atoms with Crippen LogP contribution in [-0.2, 0) is 17.6 Å². The number of aliphatic hydroxyl groups excluding tert-OH is 4. The minimum Gasteiger partial charge on any atom is -0.394 e. The van der Waals surface area contributed by atoms with Gasteiger partial charge in [-0.3, -0.25) is 0 Å². The molecule has 29 heavy (non-hydrogen) atoms. The van der Waals surface area contributed by atoms with Gasteiger partial charge < -0.3 is 29.7 Å². The van der Waals surface area contributed by atoms with Crippen molar-refractivity contribution in [3.63, 3.8) is 0 Å². The summed E-state index contributed by atoms with van der Waals surface area (Å²) in [6.45, 7) is 1.68. The van der Waals surface area contributed by atoms with Crippen LogP contribution in [0.4, 0.5) is 0 Å². The summed E-state index contributed by atoms with van der Waals surface area (Å²) < 4.78 is 7.56. The van der Waals surface area contributed by atoms with Crippen LogP contribution < -0.4 is 0 Å². The number of aliphatic hydroxyl groups is 4. The lowest BCUT2D eigenvalue weighted by atomic mass is 9.98. The number of aryl methyl sites for hydroxylation is 1. The third-order valence-electron chi connectivity index (χ3n) is 5.79. The maximum atomic E-state index is 10.6. The summed E-state index contributed by atoms with van der Waals surface area (Å²) in [4.78, 5) is 0. The molecule has 5 atom stereocenters. The molecular formula is C23H27NO5. The summed E-state index contributed by atoms with van der Waals surface area (Å²) >= 11 is 0. The topological polar surface area (TPSA) is 95.1 Å². The van der Waals surface area contributed by atoms with E-state index in [-0.39, 0.29) is 0 Å². The van der Waals surface area contributed by atoms with Gasteiger partial charge in [0, 0.05) is 11.6 Å². The molecule has 0 spiro atoms. The number of rotatable bonds is 5. The quantitative estimate of drug-likeness (QED) is 0.526. The van der Waals surface area contributed by atoms with Crippen LogP contribution in [-0.4, -0.2) is 56.0 Å². The standard InChI is InChI=1S/C23H27NO5/c1-2-14-7-9-15(10-8-14)11-16-12-24(18-6-4-3-5-17(16)18)23-22(28)21(27)20(26)19(13-25)29-23/h3-10,12,19-23,25-28H,2,11,13H2,1H3/t19?,20-,21?,22?,23?/m1/s1. The number of nitrogens with zero attached hydrogens (tertiary/aromatic N) is 1. The van der Waals surface area contributed by atoms with E-state index in [0.29, 0.717) is 0 Å². The molecule has 1 aliphatic heterocycles. The van der Waals surface area contributed by atoms with Crippen molar-refractivity contribution in [3.05, 3.63) is 71.4 Å². The van der Waals surface area contributed by atoms with Gasteiger partial charge in [0.2, 0.25) is 0 Å². The number of hydrogen-bond acceptors (Lipinski definition) is 5. The van der Waals surface area contributed by atoms with E-state index in [0.717, 1.165) is 29.3 Å². The second-order valence-electron chi connectivity index (χ2n) is 7.65. The fourth-order valence-electron chi connectivity index (χ4n) is 4.05. The fraction of sp³-hybridized carbons (Fsp3) is 0.391. The van der Waals surface area contributed by atoms with Gasteiger partial charge in [-0.25, -0.2) is 0 Å². The molecule has 1 saturated heterocycles. The van der Waals surface area contributed by atoms with Crippen LogP contribution in [0.1, 0.15) is 29.8 Å². The Balaban J connectivity index is 1.72. The maximum Gasteiger partial charge on any atom is 0.163 e. The van der Waals surface area contributed by atoms with Crippen molar-refractivity contribution in [2.75, 3.05) is 6.61 Å². The molecule has 0 aliphatic carbocycles. The number of ether oxygens (including phenoxy) is 1. The van der Waals surface area contributed by atoms with Crippen LogP contribution in [0.3, 0.4) is 0 Å². The van der Waals surface area contributed by atoms with Gasteiger partial charge in [0.05, 0.1) is 12.1 Å². The first-order valence-electron chi connectivity index (χ1n) is 10.00. The zero-order chi connectivity index (χ0) is 20.5. The third kappa shape index (κ3) is 3.70. The fourth-order valence-corrected chi connectivity index (χ4v) is 4.05. The minimum absolute atomic E-state index is 0.447. The van der Waals surface area contributed by atoms with E-state index in [4.69, 9.17) is 4.74 Å². The molecule has 6 heteroatoms. The molecule has 1 aliphatic rings. The zero-order valence-electron chi connectivity index (χ0n) is 16.3. The lowest BCUT2D eigenvalue weighted by Crippen LogP contribution is -2.56. The van der Waals surface area contributed by atoms with Crippen molar-refractivity contribution in [1.29, 1.82) is 0 Å². The van der Waals surface area contributed by atoms with Gasteiger partial charge in [-0.05, 0) is 35.6 Å². The third-order valence-corrected chi connectivity index (χ3v) is 5.79. The highest BCUT2D eigenvalue weighted by Gasteiger charge is 2.44. The summed E-state index contributed by atoms with van der Waals surface area (Å²) in [6, 6.07) is 16.3. The van der Waals surface area contributed by atoms with Gasteiger partial charge in [0.15, 0.2) is 6.23 Å². The number of fused-ring (bicyclic) bond motifs is 1. The summed E-state index contributed by atoms with van der Waals surface area (Å²) in [5, 5.41) is 41.3. The highest BCUT2D eigenvalue weighted by atomic mass is 16.6. The molecule has 1 aromatic heterocycles. The van der Waals surface area contributed by atoms with Crippen LogP contribution in [0.5, 0.6) is 0 Å². The molecule has 4 unspecified atom stereocenters. The van der Waals surface area contributed by atoms with Crippen molar-refractivity contribution in [1.82, 2.24) is 4.57 Å². The van der Waals surface area contributed by atoms with Gasteiger partial charge in [0.25, 0.3) is 0 Å². The smallest absolute Gasteiger partial charge is 0.163 e. The summed E-state index contributed by atoms with van der Waals surface area (Å²) in [6.07, 6.45) is -2.31. The van der Waals surface area contributed by atoms with E-state index < -0.39 is 37.3 Å². The van der Waals surface area contributed by atoms with Crippen molar-refractivity contribution in [2.24, 2.45) is 0 Å². The van der Waals surface area contributed by atoms with Gasteiger partial charge in [0.1, 0.15) is 24.4 Å². The highest BCUT2D eigenvalue weighted by molar-refractivity contribution is 5.84. The van der Waals surface area contributed by atoms with Crippen molar-refractivity contribution in [3.8, 4) is 0 Å². The minimum atomic E-state index is -1.41. The number of benzene rings is 2. The van der Waals surface area contributed by atoms with Crippen LogP contribution in [0.15, 0.2) is 54.7 Å². The molecule has 4 rings (SSSR count). The van der Waals surface area contributed by atoms with E-state index in [9.17, 15) is 20.4 Å². The predicted octanol–water partition coefficient (Wildman–Crippen LogP) is 1.77. The van der Waals surface area contributed by atoms with E-state index in [2.05, 4.69) is 31.2 Å². The molecule has 1 fully saturated rings. The first kappa shape index (κ1) is 20.1. The number of para-hydroxylation sites is 1. The van der Waals surface area contributed by atoms with Gasteiger partial charge >= 0.3 is 0 Å². The number of hydrogen-bond donors (Lipinski definition) is 4. The Hall–Kier alpha value is -2.22. The first-order chi connectivity index (χ1) is 14.0. The van der Waals surface area contributed by atoms with Gasteiger partial charge in [-0.15, -0.1) is 0 Å². The molecule has 3 aromatic rings. The zero-order valence-corrected chi connectivity index (χ0v) is 16.3. The van der Waals surface area contributed by atoms with E-state index in [1.54, 1.807) is 4.57 Å². The van der Waals surface area contributed by atoms with Crippen LogP contribution >= 0.6 is 0 Å². The van der Waals surface area contributed by atoms with Crippen molar-refractivity contribution in [2.45, 2.75) is 50.4 Å². The molecular weight excluding hydrogens is 370 g/mol. The highest BCUT2D eigenvalue weighted by Crippen LogP contribution is 2.33. The average molecular weight is 397 g/mol. The predicted molar refractivity (Wildman–Crippen MR) is 110 cm³/mol. The second-order valence-corrected chi connectivity index (χ2v) is 7.65. The molecule has 6 nitrogen and oxygen atoms in total. The average Bonchev–Trinajstić information content (AvgIpc) is 3.11. The summed E-state index contributed by atoms with van der Waals surface area (Å²) in [5.41, 5.74) is 4.40. The molecule has 0 saturated carbocycles. The Morgan fingerprint density at radius 3 is 2.28 bits per heavy atom. The molecule has 0 radical (unpaired) electrons. The Labute approximate surface area is 169 Å². The maximum absolute atomic E-state index is 10.6. The lowest BCUT2D eigenvalue weighted by Gasteiger charge is -2.40. The largest absolute Gasteiger partial charge is 0.394 e. The Bertz CT molecular complexity index is 965. The Kier molecular flexibility index (Phi) is 5.72. The van der Waals surface area contributed by atoms with E-state index >= 15 is 0 Å². The molecule has 154 valence electrons. The second kappa shape index (κ2) is 8.26. The van der Waals surface area contributed by atoms with Gasteiger partial charge in [-0.1, -0.05) is 49.4 Å². The van der Waals surface area contributed by atoms with Gasteiger partial charge in [-0.2, -0.15) is 0 Å². The molecule has 4 N–H and O–H groups in total. The van der Waals surface area contributed by atoms with E-state index in [1.807, 2.05) is 30.5 Å². The summed E-state index contributed by atoms with van der Waals surface area (Å²) in [5.74, 6) is 0. The Morgan fingerprint density at radius 2 is 1.59 bits per heavy atom. The van der Waals surface area contributed by atoms with Crippen LogP contribution in [0.25, 0.3) is 10.9 Å². The van der Waals surface area contributed by atoms with Crippen molar-refractivity contribution < 1.29 is 25.2 Å². The summed E-state index contributed by atoms with van der Waals surface area (Å²) in [7, 11) is 0. The normalized spacial score (nSPS) is 27.4. The SMILES string of the molecule is CCc1ccc(Cc2cn(C3OC(CO)[C@@H](O)C(O)C3O)c3ccccc23)cc1. The lowest BCUT2D eigenvalue weighted by molar-refractivity contribution is -0.250. The van der Waals surface area contributed by atoms with E-state index in [1.165, 1.54) is 11.1 Å². The van der Waals surface area contributed by atoms with Crippen LogP contribution in [0.2, 0.25) is 0 Å². The van der Waals surface area contributed by atoms with Crippen LogP contribution in [0, 0.1) is 0 Å². The molecule has 0 amide bonds.